The van der Waals surface area contributed by atoms with Crippen LogP contribution in [-0.2, 0) is 19.6 Å². The summed E-state index contributed by atoms with van der Waals surface area (Å²) in [6.07, 6.45) is 0. The monoisotopic (exact) mass is 270 g/mol. The lowest BCUT2D eigenvalue weighted by Gasteiger charge is -2.21. The Morgan fingerprint density at radius 3 is 1.90 bits per heavy atom. The maximum atomic E-state index is 9.22. The van der Waals surface area contributed by atoms with E-state index in [0.29, 0.717) is 13.1 Å². The standard InChI is InChI=1S/C17H22N2O/c18-12-15-6-8-17(9-7-15)14-19(10-11-20)13-16-4-2-1-3-5-16/h1-9,20H,10-14,18H2. The Kier molecular flexibility index (Phi) is 5.74. The van der Waals surface area contributed by atoms with E-state index in [-0.39, 0.29) is 6.61 Å². The zero-order valence-electron chi connectivity index (χ0n) is 11.7. The minimum atomic E-state index is 0.174. The lowest BCUT2D eigenvalue weighted by atomic mass is 10.1. The third-order valence-electron chi connectivity index (χ3n) is 3.33. The van der Waals surface area contributed by atoms with E-state index in [1.54, 1.807) is 0 Å². The average Bonchev–Trinajstić information content (AvgIpc) is 2.49. The molecule has 2 aromatic carbocycles. The van der Waals surface area contributed by atoms with Gasteiger partial charge < -0.3 is 10.8 Å². The highest BCUT2D eigenvalue weighted by molar-refractivity contribution is 5.22. The van der Waals surface area contributed by atoms with Crippen LogP contribution < -0.4 is 5.73 Å². The summed E-state index contributed by atoms with van der Waals surface area (Å²) in [6, 6.07) is 18.7. The molecule has 0 radical (unpaired) electrons. The van der Waals surface area contributed by atoms with Crippen molar-refractivity contribution in [2.24, 2.45) is 5.73 Å². The highest BCUT2D eigenvalue weighted by Crippen LogP contribution is 2.11. The lowest BCUT2D eigenvalue weighted by Crippen LogP contribution is -2.26. The van der Waals surface area contributed by atoms with E-state index < -0.39 is 0 Å². The van der Waals surface area contributed by atoms with E-state index in [4.69, 9.17) is 5.73 Å². The van der Waals surface area contributed by atoms with Crippen molar-refractivity contribution in [3.8, 4) is 0 Å². The Hall–Kier alpha value is -1.68. The number of aliphatic hydroxyl groups is 1. The van der Waals surface area contributed by atoms with Gasteiger partial charge >= 0.3 is 0 Å². The molecule has 0 aliphatic rings. The van der Waals surface area contributed by atoms with Crippen LogP contribution in [0.1, 0.15) is 16.7 Å². The summed E-state index contributed by atoms with van der Waals surface area (Å²) in [4.78, 5) is 2.24. The van der Waals surface area contributed by atoms with Gasteiger partial charge in [0.2, 0.25) is 0 Å². The summed E-state index contributed by atoms with van der Waals surface area (Å²) in [5.74, 6) is 0. The van der Waals surface area contributed by atoms with Gasteiger partial charge in [-0.3, -0.25) is 4.90 Å². The molecule has 3 nitrogen and oxygen atoms in total. The van der Waals surface area contributed by atoms with Crippen molar-refractivity contribution in [1.82, 2.24) is 4.90 Å². The maximum Gasteiger partial charge on any atom is 0.0558 e. The second kappa shape index (κ2) is 7.80. The van der Waals surface area contributed by atoms with E-state index >= 15 is 0 Å². The minimum absolute atomic E-state index is 0.174. The number of nitrogens with two attached hydrogens (primary N) is 1. The van der Waals surface area contributed by atoms with Crippen LogP contribution in [0.25, 0.3) is 0 Å². The first-order valence-electron chi connectivity index (χ1n) is 6.97. The van der Waals surface area contributed by atoms with Crippen molar-refractivity contribution < 1.29 is 5.11 Å². The normalized spacial score (nSPS) is 10.9. The number of benzene rings is 2. The molecule has 0 amide bonds. The first kappa shape index (κ1) is 14.7. The number of aliphatic hydroxyl groups excluding tert-OH is 1. The smallest absolute Gasteiger partial charge is 0.0558 e. The van der Waals surface area contributed by atoms with Crippen molar-refractivity contribution in [3.05, 3.63) is 71.3 Å². The predicted molar refractivity (Wildman–Crippen MR) is 82.0 cm³/mol. The lowest BCUT2D eigenvalue weighted by molar-refractivity contribution is 0.184. The second-order valence-electron chi connectivity index (χ2n) is 4.94. The van der Waals surface area contributed by atoms with Crippen LogP contribution >= 0.6 is 0 Å². The van der Waals surface area contributed by atoms with Crippen molar-refractivity contribution >= 4 is 0 Å². The van der Waals surface area contributed by atoms with E-state index in [1.165, 1.54) is 11.1 Å². The fourth-order valence-electron chi connectivity index (χ4n) is 2.24. The van der Waals surface area contributed by atoms with Crippen molar-refractivity contribution in [1.29, 1.82) is 0 Å². The summed E-state index contributed by atoms with van der Waals surface area (Å²) in [5.41, 5.74) is 9.26. The summed E-state index contributed by atoms with van der Waals surface area (Å²) in [5, 5.41) is 9.22. The first-order chi connectivity index (χ1) is 9.81. The molecule has 106 valence electrons. The van der Waals surface area contributed by atoms with Crippen LogP contribution in [0.15, 0.2) is 54.6 Å². The topological polar surface area (TPSA) is 49.5 Å². The molecular weight excluding hydrogens is 248 g/mol. The van der Waals surface area contributed by atoms with Crippen LogP contribution in [-0.4, -0.2) is 23.2 Å². The molecule has 0 bridgehead atoms. The van der Waals surface area contributed by atoms with Gasteiger partial charge in [0, 0.05) is 26.2 Å². The van der Waals surface area contributed by atoms with E-state index in [2.05, 4.69) is 41.3 Å². The van der Waals surface area contributed by atoms with Gasteiger partial charge in [0.1, 0.15) is 0 Å². The molecule has 2 aromatic rings. The molecule has 0 unspecified atom stereocenters. The quantitative estimate of drug-likeness (QED) is 0.810. The highest BCUT2D eigenvalue weighted by atomic mass is 16.3. The number of rotatable bonds is 7. The third kappa shape index (κ3) is 4.46. The molecule has 0 saturated carbocycles. The Morgan fingerprint density at radius 2 is 1.35 bits per heavy atom. The number of hydrogen-bond donors (Lipinski definition) is 2. The molecule has 0 aliphatic carbocycles. The molecule has 20 heavy (non-hydrogen) atoms. The fraction of sp³-hybridized carbons (Fsp3) is 0.294. The van der Waals surface area contributed by atoms with E-state index in [9.17, 15) is 5.11 Å². The molecule has 0 heterocycles. The van der Waals surface area contributed by atoms with Crippen LogP contribution in [0.4, 0.5) is 0 Å². The zero-order chi connectivity index (χ0) is 14.2. The molecule has 3 N–H and O–H groups in total. The molecule has 0 aliphatic heterocycles. The van der Waals surface area contributed by atoms with Gasteiger partial charge in [0.05, 0.1) is 6.61 Å². The van der Waals surface area contributed by atoms with Gasteiger partial charge in [-0.15, -0.1) is 0 Å². The molecule has 0 atom stereocenters. The van der Waals surface area contributed by atoms with Gasteiger partial charge in [-0.1, -0.05) is 54.6 Å². The zero-order valence-corrected chi connectivity index (χ0v) is 11.7. The maximum absolute atomic E-state index is 9.22. The van der Waals surface area contributed by atoms with Gasteiger partial charge in [-0.25, -0.2) is 0 Å². The van der Waals surface area contributed by atoms with Gasteiger partial charge in [0.25, 0.3) is 0 Å². The SMILES string of the molecule is NCc1ccc(CN(CCO)Cc2ccccc2)cc1. The average molecular weight is 270 g/mol. The number of nitrogens with zero attached hydrogens (tertiary/aromatic N) is 1. The highest BCUT2D eigenvalue weighted by Gasteiger charge is 2.06. The second-order valence-corrected chi connectivity index (χ2v) is 4.94. The van der Waals surface area contributed by atoms with Gasteiger partial charge in [-0.2, -0.15) is 0 Å². The summed E-state index contributed by atoms with van der Waals surface area (Å²) < 4.78 is 0. The van der Waals surface area contributed by atoms with E-state index in [1.807, 2.05) is 18.2 Å². The Labute approximate surface area is 120 Å². The third-order valence-corrected chi connectivity index (χ3v) is 3.33. The number of hydrogen-bond acceptors (Lipinski definition) is 3. The summed E-state index contributed by atoms with van der Waals surface area (Å²) >= 11 is 0. The summed E-state index contributed by atoms with van der Waals surface area (Å²) in [7, 11) is 0. The predicted octanol–water partition coefficient (Wildman–Crippen LogP) is 2.14. The van der Waals surface area contributed by atoms with Crippen LogP contribution in [0.3, 0.4) is 0 Å². The fourth-order valence-corrected chi connectivity index (χ4v) is 2.24. The van der Waals surface area contributed by atoms with Gasteiger partial charge in [-0.05, 0) is 16.7 Å². The van der Waals surface area contributed by atoms with Crippen molar-refractivity contribution in [2.45, 2.75) is 19.6 Å². The Bertz CT molecular complexity index is 496. The molecule has 0 saturated heterocycles. The first-order valence-corrected chi connectivity index (χ1v) is 6.97. The van der Waals surface area contributed by atoms with Gasteiger partial charge in [0.15, 0.2) is 0 Å². The Morgan fingerprint density at radius 1 is 0.800 bits per heavy atom. The van der Waals surface area contributed by atoms with Crippen LogP contribution in [0, 0.1) is 0 Å². The van der Waals surface area contributed by atoms with Crippen molar-refractivity contribution in [2.75, 3.05) is 13.2 Å². The van der Waals surface area contributed by atoms with Crippen LogP contribution in [0.5, 0.6) is 0 Å². The molecule has 0 spiro atoms. The molecule has 2 rings (SSSR count). The summed E-state index contributed by atoms with van der Waals surface area (Å²) in [6.45, 7) is 3.10. The van der Waals surface area contributed by atoms with E-state index in [0.717, 1.165) is 18.7 Å². The van der Waals surface area contributed by atoms with Crippen LogP contribution in [0.2, 0.25) is 0 Å². The minimum Gasteiger partial charge on any atom is -0.395 e. The van der Waals surface area contributed by atoms with Crippen molar-refractivity contribution in [3.63, 3.8) is 0 Å². The molecular formula is C17H22N2O. The molecule has 3 heteroatoms. The largest absolute Gasteiger partial charge is 0.395 e. The Balaban J connectivity index is 2.00. The molecule has 0 fully saturated rings. The molecule has 0 aromatic heterocycles.